The van der Waals surface area contributed by atoms with Crippen LogP contribution in [0.4, 0.5) is 0 Å². The van der Waals surface area contributed by atoms with Crippen molar-refractivity contribution in [3.8, 4) is 22.0 Å². The molecule has 10 heteroatoms. The van der Waals surface area contributed by atoms with Crippen LogP contribution in [-0.4, -0.2) is 26.8 Å². The van der Waals surface area contributed by atoms with E-state index in [0.717, 1.165) is 14.8 Å². The van der Waals surface area contributed by atoms with Gasteiger partial charge in [0.05, 0.1) is 22.9 Å². The molecular weight excluding hydrogens is 482 g/mol. The Hall–Kier alpha value is -2.98. The summed E-state index contributed by atoms with van der Waals surface area (Å²) in [7, 11) is 1.57. The van der Waals surface area contributed by atoms with Crippen molar-refractivity contribution in [2.45, 2.75) is 19.4 Å². The lowest BCUT2D eigenvalue weighted by Crippen LogP contribution is -2.33. The predicted molar refractivity (Wildman–Crippen MR) is 133 cm³/mol. The van der Waals surface area contributed by atoms with Crippen LogP contribution < -0.4 is 16.0 Å². The van der Waals surface area contributed by atoms with E-state index < -0.39 is 16.9 Å². The van der Waals surface area contributed by atoms with Gasteiger partial charge in [-0.25, -0.2) is 14.3 Å². The molecule has 0 amide bonds. The molecule has 1 aromatic carbocycles. The number of halogens is 1. The maximum atomic E-state index is 13.5. The second-order valence-electron chi connectivity index (χ2n) is 7.99. The van der Waals surface area contributed by atoms with Crippen LogP contribution >= 0.6 is 34.3 Å². The van der Waals surface area contributed by atoms with E-state index in [-0.39, 0.29) is 5.82 Å². The predicted octanol–water partition coefficient (Wildman–Crippen LogP) is 4.91. The van der Waals surface area contributed by atoms with E-state index in [1.165, 1.54) is 22.7 Å². The fourth-order valence-corrected chi connectivity index (χ4v) is 6.05. The van der Waals surface area contributed by atoms with Crippen molar-refractivity contribution in [2.24, 2.45) is 0 Å². The molecule has 4 heterocycles. The van der Waals surface area contributed by atoms with Gasteiger partial charge in [0.15, 0.2) is 5.82 Å². The zero-order chi connectivity index (χ0) is 23.5. The number of aliphatic hydroxyl groups is 1. The van der Waals surface area contributed by atoms with Crippen molar-refractivity contribution in [3.63, 3.8) is 0 Å². The molecule has 33 heavy (non-hydrogen) atoms. The van der Waals surface area contributed by atoms with Crippen LogP contribution in [0, 0.1) is 0 Å². The van der Waals surface area contributed by atoms with Crippen LogP contribution in [0.25, 0.3) is 36.6 Å². The third-order valence-corrected chi connectivity index (χ3v) is 8.19. The number of aromatic amines is 1. The molecule has 0 fully saturated rings. The number of rotatable bonds is 4. The highest BCUT2D eigenvalue weighted by molar-refractivity contribution is 7.22. The van der Waals surface area contributed by atoms with Gasteiger partial charge in [-0.2, -0.15) is 0 Å². The third-order valence-electron chi connectivity index (χ3n) is 5.24. The number of thiophene rings is 2. The molecule has 0 spiro atoms. The minimum absolute atomic E-state index is 0.232. The van der Waals surface area contributed by atoms with Crippen LogP contribution in [0.3, 0.4) is 0 Å². The van der Waals surface area contributed by atoms with Gasteiger partial charge in [0.1, 0.15) is 10.4 Å². The van der Waals surface area contributed by atoms with Gasteiger partial charge in [0.2, 0.25) is 0 Å². The lowest BCUT2D eigenvalue weighted by molar-refractivity contribution is 0.0826. The molecule has 0 saturated heterocycles. The molecule has 0 aliphatic heterocycles. The van der Waals surface area contributed by atoms with Gasteiger partial charge >= 0.3 is 5.69 Å². The van der Waals surface area contributed by atoms with Crippen LogP contribution in [0.15, 0.2) is 52.2 Å². The van der Waals surface area contributed by atoms with Crippen LogP contribution in [0.5, 0.6) is 5.75 Å². The second-order valence-corrected chi connectivity index (χ2v) is 10.5. The second kappa shape index (κ2) is 7.81. The van der Waals surface area contributed by atoms with E-state index in [0.29, 0.717) is 36.1 Å². The quantitative estimate of drug-likeness (QED) is 0.366. The molecule has 168 valence electrons. The number of hydrogen-bond donors (Lipinski definition) is 2. The highest BCUT2D eigenvalue weighted by atomic mass is 35.5. The Balaban J connectivity index is 1.74. The molecule has 0 atom stereocenters. The van der Waals surface area contributed by atoms with Crippen LogP contribution in [0.1, 0.15) is 18.7 Å². The van der Waals surface area contributed by atoms with Gasteiger partial charge in [-0.3, -0.25) is 4.79 Å². The summed E-state index contributed by atoms with van der Waals surface area (Å²) in [4.78, 5) is 35.0. The normalized spacial score (nSPS) is 12.0. The van der Waals surface area contributed by atoms with Crippen molar-refractivity contribution < 1.29 is 9.84 Å². The number of pyridine rings is 1. The number of ether oxygens (including phenoxy) is 1. The maximum absolute atomic E-state index is 13.5. The first-order valence-electron chi connectivity index (χ1n) is 9.92. The average Bonchev–Trinajstić information content (AvgIpc) is 3.39. The van der Waals surface area contributed by atoms with E-state index in [1.54, 1.807) is 57.5 Å². The molecule has 7 nitrogen and oxygen atoms in total. The number of benzene rings is 1. The zero-order valence-corrected chi connectivity index (χ0v) is 20.2. The van der Waals surface area contributed by atoms with E-state index in [9.17, 15) is 14.7 Å². The van der Waals surface area contributed by atoms with Crippen molar-refractivity contribution in [2.75, 3.05) is 7.11 Å². The largest absolute Gasteiger partial charge is 0.497 e. The Labute approximate surface area is 200 Å². The summed E-state index contributed by atoms with van der Waals surface area (Å²) in [6, 6.07) is 10.6. The molecule has 4 aromatic heterocycles. The van der Waals surface area contributed by atoms with Gasteiger partial charge in [-0.1, -0.05) is 11.6 Å². The summed E-state index contributed by atoms with van der Waals surface area (Å²) in [5.74, 6) is 0.865. The monoisotopic (exact) mass is 499 g/mol. The van der Waals surface area contributed by atoms with Gasteiger partial charge in [-0.05, 0) is 55.6 Å². The van der Waals surface area contributed by atoms with E-state index in [4.69, 9.17) is 16.3 Å². The number of H-pyrrole nitrogens is 1. The van der Waals surface area contributed by atoms with Crippen molar-refractivity contribution in [1.82, 2.24) is 14.5 Å². The summed E-state index contributed by atoms with van der Waals surface area (Å²) in [5, 5.41) is 11.7. The topological polar surface area (TPSA) is 97.2 Å². The fraction of sp³-hybridized carbons (Fsp3) is 0.174. The van der Waals surface area contributed by atoms with Gasteiger partial charge in [-0.15, -0.1) is 22.7 Å². The molecule has 0 saturated carbocycles. The highest BCUT2D eigenvalue weighted by Gasteiger charge is 2.22. The van der Waals surface area contributed by atoms with Crippen LogP contribution in [-0.2, 0) is 5.60 Å². The minimum atomic E-state index is -1.05. The molecule has 0 bridgehead atoms. The van der Waals surface area contributed by atoms with Gasteiger partial charge in [0, 0.05) is 26.5 Å². The zero-order valence-electron chi connectivity index (χ0n) is 17.8. The molecule has 0 aliphatic rings. The van der Waals surface area contributed by atoms with E-state index in [1.807, 2.05) is 6.07 Å². The Kier molecular flexibility index (Phi) is 5.17. The molecule has 5 rings (SSSR count). The molecule has 5 aromatic rings. The standard InChI is InChI=1S/C23H18ClN3O4S2/c1-23(2,30)17-8-11-6-7-25-20(18(11)33-17)27-21(28)19-15(26-22(27)29)10-16(32-19)13-9-12(31-3)4-5-14(13)24/h4-10,30H,1-3H3,(H,26,29). The Morgan fingerprint density at radius 1 is 1.12 bits per heavy atom. The maximum Gasteiger partial charge on any atom is 0.334 e. The number of hydrogen-bond acceptors (Lipinski definition) is 7. The number of fused-ring (bicyclic) bond motifs is 2. The molecule has 0 radical (unpaired) electrons. The van der Waals surface area contributed by atoms with Gasteiger partial charge in [0.25, 0.3) is 5.56 Å². The van der Waals surface area contributed by atoms with Gasteiger partial charge < -0.3 is 14.8 Å². The molecule has 0 unspecified atom stereocenters. The number of methoxy groups -OCH3 is 1. The molecular formula is C23H18ClN3O4S2. The van der Waals surface area contributed by atoms with E-state index >= 15 is 0 Å². The van der Waals surface area contributed by atoms with Crippen molar-refractivity contribution >= 4 is 54.6 Å². The fourth-order valence-electron chi connectivity index (χ4n) is 3.56. The number of nitrogens with zero attached hydrogens (tertiary/aromatic N) is 2. The summed E-state index contributed by atoms with van der Waals surface area (Å²) in [6.07, 6.45) is 1.55. The lowest BCUT2D eigenvalue weighted by atomic mass is 10.1. The van der Waals surface area contributed by atoms with Crippen molar-refractivity contribution in [3.05, 3.63) is 73.3 Å². The first kappa shape index (κ1) is 21.8. The molecule has 0 aliphatic carbocycles. The average molecular weight is 500 g/mol. The SMILES string of the molecule is COc1ccc(Cl)c(-c2cc3[nH]c(=O)n(-c4nccc5cc(C(C)(C)O)sc45)c(=O)c3s2)c1. The summed E-state index contributed by atoms with van der Waals surface area (Å²) < 4.78 is 7.36. The third kappa shape index (κ3) is 3.67. The highest BCUT2D eigenvalue weighted by Crippen LogP contribution is 2.38. The Morgan fingerprint density at radius 3 is 2.64 bits per heavy atom. The molecule has 2 N–H and O–H groups in total. The Morgan fingerprint density at radius 2 is 1.91 bits per heavy atom. The minimum Gasteiger partial charge on any atom is -0.497 e. The first-order valence-corrected chi connectivity index (χ1v) is 11.9. The number of aromatic nitrogens is 3. The summed E-state index contributed by atoms with van der Waals surface area (Å²) >= 11 is 8.92. The summed E-state index contributed by atoms with van der Waals surface area (Å²) in [5.41, 5.74) is -0.983. The van der Waals surface area contributed by atoms with E-state index in [2.05, 4.69) is 9.97 Å². The first-order chi connectivity index (χ1) is 15.7. The smallest absolute Gasteiger partial charge is 0.334 e. The Bertz CT molecular complexity index is 1660. The lowest BCUT2D eigenvalue weighted by Gasteiger charge is -2.13. The van der Waals surface area contributed by atoms with Crippen molar-refractivity contribution in [1.29, 1.82) is 0 Å². The summed E-state index contributed by atoms with van der Waals surface area (Å²) in [6.45, 7) is 3.37. The number of nitrogens with one attached hydrogen (secondary N) is 1. The van der Waals surface area contributed by atoms with Crippen LogP contribution in [0.2, 0.25) is 5.02 Å².